The third kappa shape index (κ3) is 2.84. The van der Waals surface area contributed by atoms with Gasteiger partial charge in [0, 0.05) is 12.6 Å². The minimum Gasteiger partial charge on any atom is -0.304 e. The second-order valence-corrected chi connectivity index (χ2v) is 5.84. The van der Waals surface area contributed by atoms with Crippen LogP contribution in [-0.4, -0.2) is 48.9 Å². The Hall–Kier alpha value is -1.72. The Balaban J connectivity index is 1.64. The summed E-state index contributed by atoms with van der Waals surface area (Å²) in [6, 6.07) is 9.23. The molecule has 0 spiro atoms. The molecule has 2 atom stereocenters. The fourth-order valence-electron chi connectivity index (χ4n) is 3.16. The SMILES string of the molecule is CN1CCCC1CNC1CC(=O)N(c2ccccc2)C1=O. The van der Waals surface area contributed by atoms with Crippen LogP contribution in [0.4, 0.5) is 5.69 Å². The average Bonchev–Trinajstić information content (AvgIpc) is 3.01. The summed E-state index contributed by atoms with van der Waals surface area (Å²) in [5, 5.41) is 3.28. The fourth-order valence-corrected chi connectivity index (χ4v) is 3.16. The zero-order chi connectivity index (χ0) is 14.8. The van der Waals surface area contributed by atoms with Gasteiger partial charge in [-0.05, 0) is 38.6 Å². The predicted molar refractivity (Wildman–Crippen MR) is 81.0 cm³/mol. The third-order valence-corrected chi connectivity index (χ3v) is 4.43. The van der Waals surface area contributed by atoms with E-state index in [0.29, 0.717) is 11.7 Å². The van der Waals surface area contributed by atoms with Crippen LogP contribution in [0.2, 0.25) is 0 Å². The summed E-state index contributed by atoms with van der Waals surface area (Å²) >= 11 is 0. The van der Waals surface area contributed by atoms with Gasteiger partial charge in [-0.25, -0.2) is 4.90 Å². The van der Waals surface area contributed by atoms with Crippen molar-refractivity contribution in [1.29, 1.82) is 0 Å². The molecule has 0 aromatic heterocycles. The lowest BCUT2D eigenvalue weighted by atomic mass is 10.2. The van der Waals surface area contributed by atoms with Gasteiger partial charge < -0.3 is 10.2 Å². The van der Waals surface area contributed by atoms with E-state index in [1.165, 1.54) is 11.3 Å². The van der Waals surface area contributed by atoms with Crippen molar-refractivity contribution in [3.8, 4) is 0 Å². The van der Waals surface area contributed by atoms with E-state index in [1.807, 2.05) is 18.2 Å². The molecule has 112 valence electrons. The molecule has 2 unspecified atom stereocenters. The molecular formula is C16H21N3O2. The first-order valence-electron chi connectivity index (χ1n) is 7.52. The molecule has 1 aromatic rings. The number of amides is 2. The van der Waals surface area contributed by atoms with Gasteiger partial charge in [0.15, 0.2) is 0 Å². The van der Waals surface area contributed by atoms with E-state index in [-0.39, 0.29) is 24.3 Å². The number of nitrogens with zero attached hydrogens (tertiary/aromatic N) is 2. The van der Waals surface area contributed by atoms with E-state index in [1.54, 1.807) is 12.1 Å². The topological polar surface area (TPSA) is 52.7 Å². The first-order valence-corrected chi connectivity index (χ1v) is 7.52. The Kier molecular flexibility index (Phi) is 4.03. The van der Waals surface area contributed by atoms with Crippen molar-refractivity contribution < 1.29 is 9.59 Å². The molecule has 1 aromatic carbocycles. The van der Waals surface area contributed by atoms with Crippen molar-refractivity contribution in [2.75, 3.05) is 25.0 Å². The highest BCUT2D eigenvalue weighted by Crippen LogP contribution is 2.23. The van der Waals surface area contributed by atoms with Gasteiger partial charge >= 0.3 is 0 Å². The molecule has 1 N–H and O–H groups in total. The van der Waals surface area contributed by atoms with Gasteiger partial charge in [0.2, 0.25) is 5.91 Å². The van der Waals surface area contributed by atoms with Gasteiger partial charge in [-0.15, -0.1) is 0 Å². The predicted octanol–water partition coefficient (Wildman–Crippen LogP) is 1.00. The molecule has 0 saturated carbocycles. The molecule has 5 nitrogen and oxygen atoms in total. The smallest absolute Gasteiger partial charge is 0.251 e. The van der Waals surface area contributed by atoms with Crippen LogP contribution >= 0.6 is 0 Å². The lowest BCUT2D eigenvalue weighted by Gasteiger charge is -2.21. The van der Waals surface area contributed by atoms with E-state index < -0.39 is 0 Å². The number of carbonyl (C=O) groups is 2. The highest BCUT2D eigenvalue weighted by atomic mass is 16.2. The first kappa shape index (κ1) is 14.2. The van der Waals surface area contributed by atoms with Crippen LogP contribution in [0.25, 0.3) is 0 Å². The summed E-state index contributed by atoms with van der Waals surface area (Å²) in [5.41, 5.74) is 0.662. The number of hydrogen-bond acceptors (Lipinski definition) is 4. The van der Waals surface area contributed by atoms with E-state index in [4.69, 9.17) is 0 Å². The summed E-state index contributed by atoms with van der Waals surface area (Å²) in [6.07, 6.45) is 2.61. The van der Waals surface area contributed by atoms with Crippen LogP contribution in [0, 0.1) is 0 Å². The average molecular weight is 287 g/mol. The van der Waals surface area contributed by atoms with Crippen LogP contribution in [0.15, 0.2) is 30.3 Å². The quantitative estimate of drug-likeness (QED) is 0.840. The largest absolute Gasteiger partial charge is 0.304 e. The lowest BCUT2D eigenvalue weighted by Crippen LogP contribution is -2.44. The second-order valence-electron chi connectivity index (χ2n) is 5.84. The lowest BCUT2D eigenvalue weighted by molar-refractivity contribution is -0.121. The minimum atomic E-state index is -0.383. The molecule has 0 aliphatic carbocycles. The van der Waals surface area contributed by atoms with Gasteiger partial charge in [0.25, 0.3) is 5.91 Å². The molecule has 0 bridgehead atoms. The van der Waals surface area contributed by atoms with Gasteiger partial charge in [0.05, 0.1) is 18.2 Å². The van der Waals surface area contributed by atoms with Crippen molar-refractivity contribution in [3.05, 3.63) is 30.3 Å². The summed E-state index contributed by atoms with van der Waals surface area (Å²) < 4.78 is 0. The Bertz CT molecular complexity index is 532. The van der Waals surface area contributed by atoms with Crippen LogP contribution in [0.1, 0.15) is 19.3 Å². The highest BCUT2D eigenvalue weighted by molar-refractivity contribution is 6.22. The molecule has 2 heterocycles. The van der Waals surface area contributed by atoms with Gasteiger partial charge in [-0.3, -0.25) is 9.59 Å². The molecular weight excluding hydrogens is 266 g/mol. The zero-order valence-electron chi connectivity index (χ0n) is 12.3. The van der Waals surface area contributed by atoms with Crippen LogP contribution in [0.5, 0.6) is 0 Å². The molecule has 2 aliphatic heterocycles. The molecule has 21 heavy (non-hydrogen) atoms. The van der Waals surface area contributed by atoms with Crippen molar-refractivity contribution in [1.82, 2.24) is 10.2 Å². The van der Waals surface area contributed by atoms with Crippen LogP contribution < -0.4 is 10.2 Å². The van der Waals surface area contributed by atoms with Gasteiger partial charge in [-0.1, -0.05) is 18.2 Å². The van der Waals surface area contributed by atoms with E-state index in [9.17, 15) is 9.59 Å². The number of benzene rings is 1. The maximum atomic E-state index is 12.4. The zero-order valence-corrected chi connectivity index (χ0v) is 12.3. The number of carbonyl (C=O) groups excluding carboxylic acids is 2. The molecule has 2 saturated heterocycles. The van der Waals surface area contributed by atoms with Crippen molar-refractivity contribution in [2.24, 2.45) is 0 Å². The summed E-state index contributed by atoms with van der Waals surface area (Å²) in [5.74, 6) is -0.254. The fraction of sp³-hybridized carbons (Fsp3) is 0.500. The van der Waals surface area contributed by atoms with E-state index in [0.717, 1.165) is 19.5 Å². The first-order chi connectivity index (χ1) is 10.2. The molecule has 2 aliphatic rings. The Morgan fingerprint density at radius 3 is 2.67 bits per heavy atom. The molecule has 5 heteroatoms. The number of para-hydroxylation sites is 1. The number of nitrogens with one attached hydrogen (secondary N) is 1. The van der Waals surface area contributed by atoms with E-state index >= 15 is 0 Å². The highest BCUT2D eigenvalue weighted by Gasteiger charge is 2.39. The van der Waals surface area contributed by atoms with Crippen molar-refractivity contribution in [3.63, 3.8) is 0 Å². The number of likely N-dealkylation sites (N-methyl/N-ethyl adjacent to an activating group) is 1. The summed E-state index contributed by atoms with van der Waals surface area (Å²) in [7, 11) is 2.11. The number of rotatable bonds is 4. The Morgan fingerprint density at radius 2 is 2.00 bits per heavy atom. The van der Waals surface area contributed by atoms with Crippen LogP contribution in [0.3, 0.4) is 0 Å². The third-order valence-electron chi connectivity index (χ3n) is 4.43. The van der Waals surface area contributed by atoms with Crippen molar-refractivity contribution >= 4 is 17.5 Å². The van der Waals surface area contributed by atoms with E-state index in [2.05, 4.69) is 17.3 Å². The monoisotopic (exact) mass is 287 g/mol. The second kappa shape index (κ2) is 5.95. The number of hydrogen-bond donors (Lipinski definition) is 1. The molecule has 0 radical (unpaired) electrons. The Morgan fingerprint density at radius 1 is 1.24 bits per heavy atom. The van der Waals surface area contributed by atoms with Gasteiger partial charge in [0.1, 0.15) is 0 Å². The van der Waals surface area contributed by atoms with Crippen molar-refractivity contribution in [2.45, 2.75) is 31.3 Å². The maximum Gasteiger partial charge on any atom is 0.251 e. The maximum absolute atomic E-state index is 12.4. The molecule has 2 amide bonds. The summed E-state index contributed by atoms with van der Waals surface area (Å²) in [6.45, 7) is 1.88. The molecule has 3 rings (SSSR count). The van der Waals surface area contributed by atoms with Gasteiger partial charge in [-0.2, -0.15) is 0 Å². The number of imide groups is 1. The number of anilines is 1. The molecule has 2 fully saturated rings. The number of likely N-dealkylation sites (tertiary alicyclic amines) is 1. The minimum absolute atomic E-state index is 0.122. The summed E-state index contributed by atoms with van der Waals surface area (Å²) in [4.78, 5) is 28.2. The normalized spacial score (nSPS) is 26.8. The standard InChI is InChI=1S/C16H21N3O2/c1-18-9-5-8-13(18)11-17-14-10-15(20)19(16(14)21)12-6-3-2-4-7-12/h2-4,6-7,13-14,17H,5,8-11H2,1H3. The Labute approximate surface area is 124 Å². The van der Waals surface area contributed by atoms with Crippen LogP contribution in [-0.2, 0) is 9.59 Å².